The average Bonchev–Trinajstić information content (AvgIpc) is 2.69. The number of ether oxygens (including phenoxy) is 2. The molecule has 1 fully saturated rings. The Kier molecular flexibility index (Phi) is 5.56. The lowest BCUT2D eigenvalue weighted by Gasteiger charge is -2.35. The summed E-state index contributed by atoms with van der Waals surface area (Å²) in [5, 5.41) is 0. The van der Waals surface area contributed by atoms with Crippen LogP contribution in [0.4, 0.5) is 0 Å². The summed E-state index contributed by atoms with van der Waals surface area (Å²) < 4.78 is 10.7. The van der Waals surface area contributed by atoms with Gasteiger partial charge in [-0.05, 0) is 18.2 Å². The van der Waals surface area contributed by atoms with Crippen molar-refractivity contribution in [2.75, 3.05) is 40.4 Å². The Bertz CT molecular complexity index is 710. The molecule has 1 amide bonds. The van der Waals surface area contributed by atoms with Crippen molar-refractivity contribution in [2.45, 2.75) is 6.54 Å². The second-order valence-corrected chi connectivity index (χ2v) is 6.11. The minimum atomic E-state index is 0.113. The van der Waals surface area contributed by atoms with Gasteiger partial charge in [-0.1, -0.05) is 24.3 Å². The van der Waals surface area contributed by atoms with E-state index in [1.807, 2.05) is 53.4 Å². The van der Waals surface area contributed by atoms with Crippen LogP contribution in [0.25, 0.3) is 0 Å². The summed E-state index contributed by atoms with van der Waals surface area (Å²) in [5.41, 5.74) is 1.89. The topological polar surface area (TPSA) is 42.0 Å². The third-order valence-electron chi connectivity index (χ3n) is 4.57. The van der Waals surface area contributed by atoms with Crippen molar-refractivity contribution in [3.8, 4) is 11.5 Å². The lowest BCUT2D eigenvalue weighted by Crippen LogP contribution is -2.48. The van der Waals surface area contributed by atoms with Gasteiger partial charge in [-0.3, -0.25) is 9.69 Å². The standard InChI is InChI=1S/C20H24N2O3/c1-24-18-9-8-17(19(14-18)25-2)15-21-10-12-22(13-11-21)20(23)16-6-4-3-5-7-16/h3-9,14H,10-13,15H2,1-2H3. The predicted octanol–water partition coefficient (Wildman–Crippen LogP) is 2.66. The minimum absolute atomic E-state index is 0.113. The number of nitrogens with zero attached hydrogens (tertiary/aromatic N) is 2. The van der Waals surface area contributed by atoms with E-state index >= 15 is 0 Å². The second kappa shape index (κ2) is 8.03. The van der Waals surface area contributed by atoms with Crippen LogP contribution >= 0.6 is 0 Å². The molecule has 0 radical (unpaired) electrons. The number of amides is 1. The van der Waals surface area contributed by atoms with Crippen LogP contribution in [0.3, 0.4) is 0 Å². The third-order valence-corrected chi connectivity index (χ3v) is 4.57. The van der Waals surface area contributed by atoms with E-state index in [4.69, 9.17) is 9.47 Å². The smallest absolute Gasteiger partial charge is 0.253 e. The molecule has 0 saturated carbocycles. The number of carbonyl (C=O) groups is 1. The van der Waals surface area contributed by atoms with Gasteiger partial charge in [-0.2, -0.15) is 0 Å². The van der Waals surface area contributed by atoms with Crippen LogP contribution in [0.5, 0.6) is 11.5 Å². The molecular formula is C20H24N2O3. The van der Waals surface area contributed by atoms with Crippen molar-refractivity contribution in [1.82, 2.24) is 9.80 Å². The molecule has 2 aromatic carbocycles. The summed E-state index contributed by atoms with van der Waals surface area (Å²) in [5.74, 6) is 1.74. The van der Waals surface area contributed by atoms with E-state index < -0.39 is 0 Å². The average molecular weight is 340 g/mol. The van der Waals surface area contributed by atoms with Crippen LogP contribution in [0, 0.1) is 0 Å². The van der Waals surface area contributed by atoms with Gasteiger partial charge in [0.05, 0.1) is 14.2 Å². The Morgan fingerprint density at radius 1 is 0.960 bits per heavy atom. The lowest BCUT2D eigenvalue weighted by atomic mass is 10.1. The molecule has 5 heteroatoms. The van der Waals surface area contributed by atoms with Crippen molar-refractivity contribution < 1.29 is 14.3 Å². The number of benzene rings is 2. The van der Waals surface area contributed by atoms with Gasteiger partial charge in [0.2, 0.25) is 0 Å². The van der Waals surface area contributed by atoms with Gasteiger partial charge in [0.15, 0.2) is 0 Å². The maximum absolute atomic E-state index is 12.5. The molecule has 2 aromatic rings. The summed E-state index contributed by atoms with van der Waals surface area (Å²) in [4.78, 5) is 16.8. The molecule has 1 aliphatic rings. The first-order valence-electron chi connectivity index (χ1n) is 8.49. The van der Waals surface area contributed by atoms with Gasteiger partial charge >= 0.3 is 0 Å². The molecule has 0 N–H and O–H groups in total. The van der Waals surface area contributed by atoms with Crippen molar-refractivity contribution in [3.63, 3.8) is 0 Å². The summed E-state index contributed by atoms with van der Waals surface area (Å²) in [6, 6.07) is 15.4. The van der Waals surface area contributed by atoms with Gasteiger partial charge in [0.1, 0.15) is 11.5 Å². The van der Waals surface area contributed by atoms with Gasteiger partial charge in [-0.25, -0.2) is 0 Å². The molecule has 132 valence electrons. The number of piperazine rings is 1. The lowest BCUT2D eigenvalue weighted by molar-refractivity contribution is 0.0627. The quantitative estimate of drug-likeness (QED) is 0.839. The maximum atomic E-state index is 12.5. The number of methoxy groups -OCH3 is 2. The fourth-order valence-electron chi connectivity index (χ4n) is 3.10. The molecule has 0 aromatic heterocycles. The van der Waals surface area contributed by atoms with Crippen molar-refractivity contribution in [3.05, 3.63) is 59.7 Å². The van der Waals surface area contributed by atoms with Crippen LogP contribution in [-0.2, 0) is 6.54 Å². The van der Waals surface area contributed by atoms with Crippen LogP contribution in [0.1, 0.15) is 15.9 Å². The van der Waals surface area contributed by atoms with Crippen LogP contribution < -0.4 is 9.47 Å². The first-order chi connectivity index (χ1) is 12.2. The molecule has 1 heterocycles. The van der Waals surface area contributed by atoms with E-state index in [1.54, 1.807) is 14.2 Å². The monoisotopic (exact) mass is 340 g/mol. The van der Waals surface area contributed by atoms with Crippen LogP contribution in [-0.4, -0.2) is 56.1 Å². The highest BCUT2D eigenvalue weighted by Crippen LogP contribution is 2.26. The zero-order valence-corrected chi connectivity index (χ0v) is 14.8. The van der Waals surface area contributed by atoms with Crippen molar-refractivity contribution >= 4 is 5.91 Å². The van der Waals surface area contributed by atoms with E-state index in [2.05, 4.69) is 4.90 Å². The molecule has 0 aliphatic carbocycles. The highest BCUT2D eigenvalue weighted by Gasteiger charge is 2.22. The summed E-state index contributed by atoms with van der Waals surface area (Å²) >= 11 is 0. The molecule has 1 saturated heterocycles. The zero-order valence-electron chi connectivity index (χ0n) is 14.8. The zero-order chi connectivity index (χ0) is 17.6. The molecule has 3 rings (SSSR count). The summed E-state index contributed by atoms with van der Waals surface area (Å²) in [6.07, 6.45) is 0. The van der Waals surface area contributed by atoms with Crippen LogP contribution in [0.15, 0.2) is 48.5 Å². The molecule has 0 bridgehead atoms. The first-order valence-corrected chi connectivity index (χ1v) is 8.49. The molecule has 5 nitrogen and oxygen atoms in total. The number of carbonyl (C=O) groups excluding carboxylic acids is 1. The SMILES string of the molecule is COc1ccc(CN2CCN(C(=O)c3ccccc3)CC2)c(OC)c1. The van der Waals surface area contributed by atoms with Crippen molar-refractivity contribution in [1.29, 1.82) is 0 Å². The predicted molar refractivity (Wildman–Crippen MR) is 97.2 cm³/mol. The van der Waals surface area contributed by atoms with Gasteiger partial charge < -0.3 is 14.4 Å². The van der Waals surface area contributed by atoms with E-state index in [-0.39, 0.29) is 5.91 Å². The molecule has 25 heavy (non-hydrogen) atoms. The number of rotatable bonds is 5. The molecular weight excluding hydrogens is 316 g/mol. The van der Waals surface area contributed by atoms with Gasteiger partial charge in [0.25, 0.3) is 5.91 Å². The normalized spacial score (nSPS) is 15.0. The molecule has 1 aliphatic heterocycles. The van der Waals surface area contributed by atoms with Gasteiger partial charge in [-0.15, -0.1) is 0 Å². The Hall–Kier alpha value is -2.53. The van der Waals surface area contributed by atoms with E-state index in [1.165, 1.54) is 0 Å². The van der Waals surface area contributed by atoms with Crippen LogP contribution in [0.2, 0.25) is 0 Å². The molecule has 0 spiro atoms. The maximum Gasteiger partial charge on any atom is 0.253 e. The number of hydrogen-bond acceptors (Lipinski definition) is 4. The minimum Gasteiger partial charge on any atom is -0.497 e. The first kappa shape index (κ1) is 17.3. The Morgan fingerprint density at radius 2 is 1.68 bits per heavy atom. The van der Waals surface area contributed by atoms with E-state index in [0.717, 1.165) is 55.3 Å². The Morgan fingerprint density at radius 3 is 2.32 bits per heavy atom. The molecule has 0 atom stereocenters. The van der Waals surface area contributed by atoms with Gasteiger partial charge in [0, 0.05) is 49.9 Å². The Balaban J connectivity index is 1.59. The fraction of sp³-hybridized carbons (Fsp3) is 0.350. The number of hydrogen-bond donors (Lipinski definition) is 0. The highest BCUT2D eigenvalue weighted by molar-refractivity contribution is 5.94. The van der Waals surface area contributed by atoms with Crippen molar-refractivity contribution in [2.24, 2.45) is 0 Å². The second-order valence-electron chi connectivity index (χ2n) is 6.11. The largest absolute Gasteiger partial charge is 0.497 e. The fourth-order valence-corrected chi connectivity index (χ4v) is 3.10. The highest BCUT2D eigenvalue weighted by atomic mass is 16.5. The Labute approximate surface area is 148 Å². The van der Waals surface area contributed by atoms with E-state index in [0.29, 0.717) is 0 Å². The summed E-state index contributed by atoms with van der Waals surface area (Å²) in [6.45, 7) is 4.00. The summed E-state index contributed by atoms with van der Waals surface area (Å²) in [7, 11) is 3.33. The van der Waals surface area contributed by atoms with E-state index in [9.17, 15) is 4.79 Å². The molecule has 0 unspecified atom stereocenters. The third kappa shape index (κ3) is 4.12.